The van der Waals surface area contributed by atoms with Crippen LogP contribution in [0.25, 0.3) is 0 Å². The minimum Gasteiger partial charge on any atom is -0.268 e. The van der Waals surface area contributed by atoms with E-state index in [2.05, 4.69) is 11.7 Å². The van der Waals surface area contributed by atoms with Crippen LogP contribution in [-0.2, 0) is 12.7 Å². The van der Waals surface area contributed by atoms with Crippen LogP contribution >= 0.6 is 0 Å². The van der Waals surface area contributed by atoms with Crippen molar-refractivity contribution in [3.05, 3.63) is 30.1 Å². The quantitative estimate of drug-likeness (QED) is 0.655. The Hall–Kier alpha value is -1.26. The molecule has 0 aromatic carbocycles. The Morgan fingerprint density at radius 1 is 1.62 bits per heavy atom. The fourth-order valence-electron chi connectivity index (χ4n) is 0.877. The molecule has 0 amide bonds. The Labute approximate surface area is 73.7 Å². The first-order valence-electron chi connectivity index (χ1n) is 3.64. The van der Waals surface area contributed by atoms with Gasteiger partial charge < -0.3 is 0 Å². The molecule has 0 saturated carbocycles. The third-order valence-corrected chi connectivity index (χ3v) is 1.36. The van der Waals surface area contributed by atoms with E-state index in [-0.39, 0.29) is 0 Å². The van der Waals surface area contributed by atoms with Crippen molar-refractivity contribution in [1.29, 1.82) is 0 Å². The van der Waals surface area contributed by atoms with Crippen molar-refractivity contribution in [3.8, 4) is 0 Å². The molecule has 0 bridgehead atoms. The van der Waals surface area contributed by atoms with Gasteiger partial charge in [0.05, 0.1) is 6.54 Å². The van der Waals surface area contributed by atoms with E-state index in [1.807, 2.05) is 0 Å². The molecule has 0 spiro atoms. The van der Waals surface area contributed by atoms with Crippen LogP contribution < -0.4 is 0 Å². The van der Waals surface area contributed by atoms with Gasteiger partial charge in [0, 0.05) is 6.20 Å². The zero-order valence-electron chi connectivity index (χ0n) is 7.10. The van der Waals surface area contributed by atoms with Crippen molar-refractivity contribution in [2.24, 2.45) is 0 Å². The zero-order valence-corrected chi connectivity index (χ0v) is 7.10. The Morgan fingerprint density at radius 2 is 2.23 bits per heavy atom. The summed E-state index contributed by atoms with van der Waals surface area (Å²) in [5.41, 5.74) is -0.106. The van der Waals surface area contributed by atoms with Crippen molar-refractivity contribution < 1.29 is 13.2 Å². The number of halogens is 3. The third kappa shape index (κ3) is 2.61. The van der Waals surface area contributed by atoms with Crippen LogP contribution in [0.4, 0.5) is 13.2 Å². The minimum absolute atomic E-state index is 0.316. The highest BCUT2D eigenvalue weighted by molar-refractivity contribution is 5.04. The second-order valence-electron chi connectivity index (χ2n) is 2.85. The van der Waals surface area contributed by atoms with E-state index in [9.17, 15) is 13.2 Å². The third-order valence-electron chi connectivity index (χ3n) is 1.36. The molecule has 2 nitrogen and oxygen atoms in total. The van der Waals surface area contributed by atoms with Gasteiger partial charge in [0.2, 0.25) is 0 Å². The van der Waals surface area contributed by atoms with Gasteiger partial charge in [0.25, 0.3) is 0 Å². The van der Waals surface area contributed by atoms with Crippen molar-refractivity contribution >= 4 is 0 Å². The highest BCUT2D eigenvalue weighted by Gasteiger charge is 2.33. The standard InChI is InChI=1S/C8H9F3N2/c1-6(2)5-13-4-3-7(12-13)8(9,10)11/h3-4H,1,5H2,2H3. The lowest BCUT2D eigenvalue weighted by Gasteiger charge is -2.01. The van der Waals surface area contributed by atoms with Crippen LogP contribution in [0.1, 0.15) is 12.6 Å². The summed E-state index contributed by atoms with van der Waals surface area (Å²) in [5, 5.41) is 3.35. The molecule has 72 valence electrons. The second kappa shape index (κ2) is 3.24. The molecule has 0 N–H and O–H groups in total. The molecule has 0 aliphatic rings. The molecule has 1 heterocycles. The van der Waals surface area contributed by atoms with Gasteiger partial charge in [-0.2, -0.15) is 18.3 Å². The summed E-state index contributed by atoms with van der Waals surface area (Å²) < 4.78 is 37.3. The zero-order chi connectivity index (χ0) is 10.1. The molecule has 1 aromatic rings. The van der Waals surface area contributed by atoms with Crippen molar-refractivity contribution in [1.82, 2.24) is 9.78 Å². The Bertz CT molecular complexity index is 311. The number of rotatable bonds is 2. The molecule has 13 heavy (non-hydrogen) atoms. The minimum atomic E-state index is -4.36. The van der Waals surface area contributed by atoms with E-state index in [1.54, 1.807) is 6.92 Å². The molecule has 0 aliphatic carbocycles. The van der Waals surface area contributed by atoms with E-state index < -0.39 is 11.9 Å². The molecule has 1 aromatic heterocycles. The average molecular weight is 190 g/mol. The fourth-order valence-corrected chi connectivity index (χ4v) is 0.877. The lowest BCUT2D eigenvalue weighted by molar-refractivity contribution is -0.141. The monoisotopic (exact) mass is 190 g/mol. The SMILES string of the molecule is C=C(C)Cn1ccc(C(F)(F)F)n1. The predicted molar refractivity (Wildman–Crippen MR) is 42.0 cm³/mol. The maximum Gasteiger partial charge on any atom is 0.435 e. The van der Waals surface area contributed by atoms with Crippen LogP contribution in [0, 0.1) is 0 Å². The molecular formula is C8H9F3N2. The van der Waals surface area contributed by atoms with Crippen LogP contribution in [0.3, 0.4) is 0 Å². The highest BCUT2D eigenvalue weighted by Crippen LogP contribution is 2.27. The normalized spacial score (nSPS) is 11.7. The molecule has 0 unspecified atom stereocenters. The fraction of sp³-hybridized carbons (Fsp3) is 0.375. The van der Waals surface area contributed by atoms with Gasteiger partial charge in [-0.1, -0.05) is 12.2 Å². The first-order valence-corrected chi connectivity index (χ1v) is 3.64. The van der Waals surface area contributed by atoms with Crippen LogP contribution in [0.2, 0.25) is 0 Å². The largest absolute Gasteiger partial charge is 0.435 e. The second-order valence-corrected chi connectivity index (χ2v) is 2.85. The van der Waals surface area contributed by atoms with Crippen molar-refractivity contribution in [2.75, 3.05) is 0 Å². The van der Waals surface area contributed by atoms with Gasteiger partial charge in [-0.3, -0.25) is 4.68 Å². The van der Waals surface area contributed by atoms with Gasteiger partial charge in [0.1, 0.15) is 0 Å². The number of allylic oxidation sites excluding steroid dienone is 1. The summed E-state index contributed by atoms with van der Waals surface area (Å²) in [4.78, 5) is 0. The molecule has 5 heteroatoms. The highest BCUT2D eigenvalue weighted by atomic mass is 19.4. The molecule has 0 atom stereocenters. The lowest BCUT2D eigenvalue weighted by atomic mass is 10.4. The summed E-state index contributed by atoms with van der Waals surface area (Å²) in [6.07, 6.45) is -3.07. The molecule has 0 saturated heterocycles. The molecule has 1 rings (SSSR count). The van der Waals surface area contributed by atoms with E-state index in [0.29, 0.717) is 6.54 Å². The number of nitrogens with zero attached hydrogens (tertiary/aromatic N) is 2. The van der Waals surface area contributed by atoms with Gasteiger partial charge in [-0.05, 0) is 13.0 Å². The number of aromatic nitrogens is 2. The van der Waals surface area contributed by atoms with E-state index >= 15 is 0 Å². The van der Waals surface area contributed by atoms with Crippen molar-refractivity contribution in [3.63, 3.8) is 0 Å². The van der Waals surface area contributed by atoms with E-state index in [1.165, 1.54) is 10.9 Å². The lowest BCUT2D eigenvalue weighted by Crippen LogP contribution is -2.08. The molecule has 0 radical (unpaired) electrons. The van der Waals surface area contributed by atoms with E-state index in [0.717, 1.165) is 11.6 Å². The Kier molecular flexibility index (Phi) is 2.45. The molecule has 0 aliphatic heterocycles. The maximum absolute atomic E-state index is 12.0. The van der Waals surface area contributed by atoms with Gasteiger partial charge in [-0.15, -0.1) is 0 Å². The van der Waals surface area contributed by atoms with Gasteiger partial charge >= 0.3 is 6.18 Å². The Morgan fingerprint density at radius 3 is 2.62 bits per heavy atom. The first kappa shape index (κ1) is 9.83. The first-order chi connectivity index (χ1) is 5.89. The average Bonchev–Trinajstić information content (AvgIpc) is 2.32. The van der Waals surface area contributed by atoms with Gasteiger partial charge in [0.15, 0.2) is 5.69 Å². The van der Waals surface area contributed by atoms with E-state index in [4.69, 9.17) is 0 Å². The maximum atomic E-state index is 12.0. The predicted octanol–water partition coefficient (Wildman–Crippen LogP) is 2.48. The van der Waals surface area contributed by atoms with Crippen molar-refractivity contribution in [2.45, 2.75) is 19.6 Å². The number of hydrogen-bond donors (Lipinski definition) is 0. The summed E-state index contributed by atoms with van der Waals surface area (Å²) in [6.45, 7) is 5.63. The number of hydrogen-bond acceptors (Lipinski definition) is 1. The summed E-state index contributed by atoms with van der Waals surface area (Å²) in [6, 6.07) is 0.947. The topological polar surface area (TPSA) is 17.8 Å². The van der Waals surface area contributed by atoms with Crippen LogP contribution in [0.15, 0.2) is 24.4 Å². The van der Waals surface area contributed by atoms with Crippen LogP contribution in [-0.4, -0.2) is 9.78 Å². The summed E-state index contributed by atoms with van der Waals surface area (Å²) in [5.74, 6) is 0. The van der Waals surface area contributed by atoms with Gasteiger partial charge in [-0.25, -0.2) is 0 Å². The molecule has 0 fully saturated rings. The summed E-state index contributed by atoms with van der Waals surface area (Å²) >= 11 is 0. The summed E-state index contributed by atoms with van der Waals surface area (Å²) in [7, 11) is 0. The molecular weight excluding hydrogens is 181 g/mol. The van der Waals surface area contributed by atoms with Crippen LogP contribution in [0.5, 0.6) is 0 Å². The number of alkyl halides is 3. The Balaban J connectivity index is 2.81. The smallest absolute Gasteiger partial charge is 0.268 e.